The van der Waals surface area contributed by atoms with Crippen molar-refractivity contribution in [1.29, 1.82) is 0 Å². The number of benzene rings is 3. The predicted molar refractivity (Wildman–Crippen MR) is 148 cm³/mol. The van der Waals surface area contributed by atoms with E-state index in [0.717, 1.165) is 30.2 Å². The molecule has 0 saturated carbocycles. The first kappa shape index (κ1) is 27.2. The number of nitrogens with zero attached hydrogens (tertiary/aromatic N) is 2. The molecule has 0 aliphatic rings. The monoisotopic (exact) mass is 576 g/mol. The lowest BCUT2D eigenvalue weighted by Crippen LogP contribution is -2.37. The Labute approximate surface area is 218 Å². The first-order valence-electron chi connectivity index (χ1n) is 11.0. The molecule has 0 unspecified atom stereocenters. The highest BCUT2D eigenvalue weighted by Crippen LogP contribution is 2.20. The van der Waals surface area contributed by atoms with E-state index >= 15 is 0 Å². The quantitative estimate of drug-likeness (QED) is 0.165. The Morgan fingerprint density at radius 1 is 0.912 bits per heavy atom. The molecule has 2 N–H and O–H groups in total. The largest absolute Gasteiger partial charge is 0.494 e. The molecule has 0 spiro atoms. The molecule has 34 heavy (non-hydrogen) atoms. The smallest absolute Gasteiger partial charge is 0.259 e. The molecule has 0 saturated heterocycles. The first-order chi connectivity index (χ1) is 16.0. The Morgan fingerprint density at radius 2 is 1.68 bits per heavy atom. The fourth-order valence-electron chi connectivity index (χ4n) is 3.15. The molecule has 3 aromatic rings. The lowest BCUT2D eigenvalue weighted by atomic mass is 10.1. The minimum atomic E-state index is -0.0762. The molecule has 3 aromatic carbocycles. The van der Waals surface area contributed by atoms with Gasteiger partial charge in [0, 0.05) is 34.2 Å². The number of hydrogen-bond donors (Lipinski definition) is 2. The molecule has 0 atom stereocenters. The minimum absolute atomic E-state index is 0. The Bertz CT molecular complexity index is 1090. The predicted octanol–water partition coefficient (Wildman–Crippen LogP) is 4.06. The number of likely N-dealkylation sites (N-methyl/N-ethyl adjacent to an activating group) is 1. The number of carbonyl (C=O) groups excluding carboxylic acids is 1. The van der Waals surface area contributed by atoms with Crippen molar-refractivity contribution in [3.8, 4) is 11.5 Å². The van der Waals surface area contributed by atoms with Crippen molar-refractivity contribution in [2.45, 2.75) is 13.0 Å². The molecule has 0 aliphatic heterocycles. The zero-order chi connectivity index (χ0) is 23.5. The molecule has 7 nitrogen and oxygen atoms in total. The first-order valence-corrected chi connectivity index (χ1v) is 11.0. The zero-order valence-corrected chi connectivity index (χ0v) is 22.2. The summed E-state index contributed by atoms with van der Waals surface area (Å²) >= 11 is 0. The maximum atomic E-state index is 11.7. The summed E-state index contributed by atoms with van der Waals surface area (Å²) < 4.78 is 11.5. The molecule has 0 radical (unpaired) electrons. The van der Waals surface area contributed by atoms with Crippen LogP contribution in [0, 0.1) is 0 Å². The van der Waals surface area contributed by atoms with Crippen LogP contribution in [0.25, 0.3) is 10.8 Å². The van der Waals surface area contributed by atoms with Gasteiger partial charge in [0.25, 0.3) is 5.91 Å². The van der Waals surface area contributed by atoms with E-state index in [2.05, 4.69) is 39.9 Å². The summed E-state index contributed by atoms with van der Waals surface area (Å²) in [6.07, 6.45) is 0.844. The van der Waals surface area contributed by atoms with Crippen LogP contribution in [0.15, 0.2) is 71.7 Å². The average molecular weight is 576 g/mol. The third-order valence-electron chi connectivity index (χ3n) is 5.05. The Balaban J connectivity index is 0.00000408. The normalized spacial score (nSPS) is 10.9. The van der Waals surface area contributed by atoms with Crippen LogP contribution in [0.4, 0.5) is 0 Å². The topological polar surface area (TPSA) is 75.2 Å². The number of nitrogens with one attached hydrogen (secondary N) is 2. The van der Waals surface area contributed by atoms with Crippen LogP contribution in [0.3, 0.4) is 0 Å². The van der Waals surface area contributed by atoms with Gasteiger partial charge in [-0.1, -0.05) is 42.5 Å². The summed E-state index contributed by atoms with van der Waals surface area (Å²) in [7, 11) is 5.16. The van der Waals surface area contributed by atoms with Gasteiger partial charge in [-0.15, -0.1) is 24.0 Å². The van der Waals surface area contributed by atoms with Gasteiger partial charge in [-0.25, -0.2) is 0 Å². The highest BCUT2D eigenvalue weighted by molar-refractivity contribution is 14.0. The van der Waals surface area contributed by atoms with Gasteiger partial charge in [0.15, 0.2) is 12.6 Å². The van der Waals surface area contributed by atoms with Gasteiger partial charge in [0.1, 0.15) is 11.5 Å². The lowest BCUT2D eigenvalue weighted by molar-refractivity contribution is -0.130. The van der Waals surface area contributed by atoms with Crippen LogP contribution < -0.4 is 20.1 Å². The molecule has 0 aromatic heterocycles. The van der Waals surface area contributed by atoms with E-state index in [0.29, 0.717) is 18.9 Å². The van der Waals surface area contributed by atoms with Gasteiger partial charge >= 0.3 is 0 Å². The molecular weight excluding hydrogens is 543 g/mol. The SMILES string of the molecule is CN=C(NCCCOc1ccc2ccccc2c1)NCc1cccc(OCC(=O)N(C)C)c1.I. The summed E-state index contributed by atoms with van der Waals surface area (Å²) in [4.78, 5) is 17.5. The number of rotatable bonds is 10. The van der Waals surface area contributed by atoms with Crippen LogP contribution in [-0.4, -0.2) is 57.7 Å². The van der Waals surface area contributed by atoms with E-state index < -0.39 is 0 Å². The van der Waals surface area contributed by atoms with Crippen molar-refractivity contribution >= 4 is 46.6 Å². The standard InChI is InChI=1S/C26H32N4O3.HI/c1-27-26(29-18-20-8-6-11-23(16-20)33-19-25(31)30(2)3)28-14-7-15-32-24-13-12-21-9-4-5-10-22(21)17-24;/h4-6,8-13,16-17H,7,14-15,18-19H2,1-3H3,(H2,27,28,29);1H. The molecule has 0 fully saturated rings. The Hall–Kier alpha value is -3.01. The number of halogens is 1. The van der Waals surface area contributed by atoms with E-state index in [-0.39, 0.29) is 36.5 Å². The van der Waals surface area contributed by atoms with Crippen molar-refractivity contribution in [3.05, 3.63) is 72.3 Å². The highest BCUT2D eigenvalue weighted by atomic mass is 127. The van der Waals surface area contributed by atoms with Crippen LogP contribution in [-0.2, 0) is 11.3 Å². The molecular formula is C26H33IN4O3. The number of aliphatic imine (C=N–C) groups is 1. The van der Waals surface area contributed by atoms with Crippen molar-refractivity contribution in [2.75, 3.05) is 40.9 Å². The second kappa shape index (κ2) is 14.3. The summed E-state index contributed by atoms with van der Waals surface area (Å²) in [5, 5.41) is 8.98. The van der Waals surface area contributed by atoms with E-state index in [1.54, 1.807) is 21.1 Å². The molecule has 3 rings (SSSR count). The summed E-state index contributed by atoms with van der Waals surface area (Å²) in [5.41, 5.74) is 1.03. The molecule has 0 aliphatic carbocycles. The Morgan fingerprint density at radius 3 is 2.44 bits per heavy atom. The second-order valence-electron chi connectivity index (χ2n) is 7.79. The van der Waals surface area contributed by atoms with Crippen LogP contribution in [0.5, 0.6) is 11.5 Å². The van der Waals surface area contributed by atoms with Crippen molar-refractivity contribution < 1.29 is 14.3 Å². The van der Waals surface area contributed by atoms with Gasteiger partial charge in [-0.2, -0.15) is 0 Å². The van der Waals surface area contributed by atoms with Gasteiger partial charge < -0.3 is 25.0 Å². The summed E-state index contributed by atoms with van der Waals surface area (Å²) in [5.74, 6) is 2.19. The Kier molecular flexibility index (Phi) is 11.5. The third-order valence-corrected chi connectivity index (χ3v) is 5.05. The van der Waals surface area contributed by atoms with Gasteiger partial charge in [-0.3, -0.25) is 9.79 Å². The van der Waals surface area contributed by atoms with E-state index in [4.69, 9.17) is 9.47 Å². The number of fused-ring (bicyclic) bond motifs is 1. The van der Waals surface area contributed by atoms with E-state index in [1.807, 2.05) is 42.5 Å². The maximum absolute atomic E-state index is 11.7. The average Bonchev–Trinajstić information content (AvgIpc) is 2.84. The zero-order valence-electron chi connectivity index (χ0n) is 19.9. The maximum Gasteiger partial charge on any atom is 0.259 e. The van der Waals surface area contributed by atoms with E-state index in [9.17, 15) is 4.79 Å². The van der Waals surface area contributed by atoms with Crippen LogP contribution in [0.2, 0.25) is 0 Å². The van der Waals surface area contributed by atoms with Crippen molar-refractivity contribution in [2.24, 2.45) is 4.99 Å². The van der Waals surface area contributed by atoms with Crippen LogP contribution in [0.1, 0.15) is 12.0 Å². The van der Waals surface area contributed by atoms with Gasteiger partial charge in [-0.05, 0) is 47.0 Å². The van der Waals surface area contributed by atoms with E-state index in [1.165, 1.54) is 15.7 Å². The minimum Gasteiger partial charge on any atom is -0.494 e. The summed E-state index contributed by atoms with van der Waals surface area (Å²) in [6, 6.07) is 22.1. The molecule has 8 heteroatoms. The number of amides is 1. The molecule has 0 bridgehead atoms. The number of guanidine groups is 1. The van der Waals surface area contributed by atoms with Crippen molar-refractivity contribution in [1.82, 2.24) is 15.5 Å². The highest BCUT2D eigenvalue weighted by Gasteiger charge is 2.06. The third kappa shape index (κ3) is 8.74. The second-order valence-corrected chi connectivity index (χ2v) is 7.79. The number of hydrogen-bond acceptors (Lipinski definition) is 4. The molecule has 182 valence electrons. The summed E-state index contributed by atoms with van der Waals surface area (Å²) in [6.45, 7) is 1.97. The molecule has 1 amide bonds. The lowest BCUT2D eigenvalue weighted by Gasteiger charge is -2.14. The number of ether oxygens (including phenoxy) is 2. The van der Waals surface area contributed by atoms with Crippen molar-refractivity contribution in [3.63, 3.8) is 0 Å². The van der Waals surface area contributed by atoms with Gasteiger partial charge in [0.2, 0.25) is 0 Å². The fraction of sp³-hybridized carbons (Fsp3) is 0.308. The van der Waals surface area contributed by atoms with Gasteiger partial charge in [0.05, 0.1) is 6.61 Å². The molecule has 0 heterocycles. The van der Waals surface area contributed by atoms with Crippen LogP contribution >= 0.6 is 24.0 Å². The fourth-order valence-corrected chi connectivity index (χ4v) is 3.15. The number of carbonyl (C=O) groups is 1.